The Bertz CT molecular complexity index is 714. The van der Waals surface area contributed by atoms with Crippen molar-refractivity contribution in [2.75, 3.05) is 0 Å². The predicted molar refractivity (Wildman–Crippen MR) is 82.1 cm³/mol. The molecule has 0 saturated heterocycles. The molecule has 6 heteroatoms. The molecule has 0 radical (unpaired) electrons. The minimum absolute atomic E-state index is 0.160. The first-order valence-corrected chi connectivity index (χ1v) is 7.68. The van der Waals surface area contributed by atoms with Gasteiger partial charge in [0.15, 0.2) is 0 Å². The van der Waals surface area contributed by atoms with E-state index in [0.29, 0.717) is 17.0 Å². The van der Waals surface area contributed by atoms with Gasteiger partial charge < -0.3 is 0 Å². The highest BCUT2D eigenvalue weighted by molar-refractivity contribution is 7.12. The third kappa shape index (κ3) is 2.71. The first kappa shape index (κ1) is 14.2. The monoisotopic (exact) mass is 322 g/mol. The van der Waals surface area contributed by atoms with E-state index in [1.165, 1.54) is 24.1 Å². The highest BCUT2D eigenvalue weighted by atomic mass is 35.5. The smallest absolute Gasteiger partial charge is 0.240 e. The van der Waals surface area contributed by atoms with E-state index in [2.05, 4.69) is 5.10 Å². The number of hydrazone groups is 1. The number of carbonyl (C=O) groups excluding carboxylic acids is 1. The van der Waals surface area contributed by atoms with Crippen LogP contribution in [0.25, 0.3) is 0 Å². The first-order chi connectivity index (χ1) is 10.1. The molecule has 1 aliphatic heterocycles. The quantitative estimate of drug-likeness (QED) is 0.814. The van der Waals surface area contributed by atoms with Crippen LogP contribution in [0.1, 0.15) is 29.8 Å². The Balaban J connectivity index is 1.98. The predicted octanol–water partition coefficient (Wildman–Crippen LogP) is 4.24. The minimum Gasteiger partial charge on any atom is -0.273 e. The molecule has 2 aromatic rings. The molecule has 1 aliphatic rings. The largest absolute Gasteiger partial charge is 0.273 e. The van der Waals surface area contributed by atoms with Gasteiger partial charge in [0.2, 0.25) is 5.91 Å². The van der Waals surface area contributed by atoms with Gasteiger partial charge in [-0.15, -0.1) is 11.3 Å². The average Bonchev–Trinajstić information content (AvgIpc) is 3.07. The number of hydrogen-bond donors (Lipinski definition) is 0. The molecule has 21 heavy (non-hydrogen) atoms. The molecule has 1 aromatic carbocycles. The maximum atomic E-state index is 13.2. The molecular weight excluding hydrogens is 311 g/mol. The van der Waals surface area contributed by atoms with E-state index in [9.17, 15) is 9.18 Å². The van der Waals surface area contributed by atoms with Crippen LogP contribution in [0.15, 0.2) is 40.8 Å². The van der Waals surface area contributed by atoms with Crippen LogP contribution in [-0.2, 0) is 4.79 Å². The van der Waals surface area contributed by atoms with E-state index < -0.39 is 5.82 Å². The zero-order valence-electron chi connectivity index (χ0n) is 11.2. The molecule has 0 unspecified atom stereocenters. The topological polar surface area (TPSA) is 32.7 Å². The highest BCUT2D eigenvalue weighted by Gasteiger charge is 2.33. The van der Waals surface area contributed by atoms with Crippen molar-refractivity contribution in [3.05, 3.63) is 57.0 Å². The van der Waals surface area contributed by atoms with Crippen LogP contribution in [0.5, 0.6) is 0 Å². The molecule has 0 N–H and O–H groups in total. The Hall–Kier alpha value is -1.72. The molecule has 0 bridgehead atoms. The summed E-state index contributed by atoms with van der Waals surface area (Å²) in [5, 5.41) is 8.11. The number of nitrogens with zero attached hydrogens (tertiary/aromatic N) is 2. The summed E-state index contributed by atoms with van der Waals surface area (Å²) in [6, 6.07) is 7.86. The van der Waals surface area contributed by atoms with Gasteiger partial charge in [-0.05, 0) is 29.1 Å². The second-order valence-electron chi connectivity index (χ2n) is 4.77. The number of hydrogen-bond acceptors (Lipinski definition) is 3. The van der Waals surface area contributed by atoms with E-state index in [0.717, 1.165) is 10.6 Å². The van der Waals surface area contributed by atoms with Crippen LogP contribution < -0.4 is 0 Å². The fourth-order valence-corrected chi connectivity index (χ4v) is 3.42. The summed E-state index contributed by atoms with van der Waals surface area (Å²) in [7, 11) is 0. The second-order valence-corrected chi connectivity index (χ2v) is 6.13. The van der Waals surface area contributed by atoms with Crippen molar-refractivity contribution in [2.45, 2.75) is 19.4 Å². The van der Waals surface area contributed by atoms with Crippen LogP contribution in [0.2, 0.25) is 5.02 Å². The molecule has 0 fully saturated rings. The molecule has 3 rings (SSSR count). The van der Waals surface area contributed by atoms with Crippen molar-refractivity contribution >= 4 is 34.6 Å². The minimum atomic E-state index is -0.393. The fraction of sp³-hybridized carbons (Fsp3) is 0.200. The third-order valence-electron chi connectivity index (χ3n) is 3.36. The van der Waals surface area contributed by atoms with Gasteiger partial charge in [-0.25, -0.2) is 9.40 Å². The summed E-state index contributed by atoms with van der Waals surface area (Å²) in [5.41, 5.74) is 1.56. The van der Waals surface area contributed by atoms with Crippen LogP contribution in [0.4, 0.5) is 4.39 Å². The lowest BCUT2D eigenvalue weighted by Crippen LogP contribution is -2.24. The molecule has 1 aromatic heterocycles. The van der Waals surface area contributed by atoms with E-state index in [1.54, 1.807) is 17.4 Å². The maximum absolute atomic E-state index is 13.2. The average molecular weight is 323 g/mol. The zero-order valence-corrected chi connectivity index (χ0v) is 12.8. The molecular formula is C15H12ClFN2OS. The van der Waals surface area contributed by atoms with Crippen molar-refractivity contribution in [3.8, 4) is 0 Å². The molecule has 2 heterocycles. The standard InChI is InChI=1S/C15H12ClFN2OS/c1-9(20)19-14(11-5-4-10(17)7-12(11)16)8-13(18-19)15-3-2-6-21-15/h2-7,14H,8H2,1H3/t14-/m1/s1. The number of amides is 1. The Labute approximate surface area is 130 Å². The molecule has 3 nitrogen and oxygen atoms in total. The highest BCUT2D eigenvalue weighted by Crippen LogP contribution is 2.37. The van der Waals surface area contributed by atoms with Crippen LogP contribution >= 0.6 is 22.9 Å². The van der Waals surface area contributed by atoms with E-state index >= 15 is 0 Å². The Morgan fingerprint density at radius 2 is 2.29 bits per heavy atom. The van der Waals surface area contributed by atoms with Crippen LogP contribution in [0.3, 0.4) is 0 Å². The van der Waals surface area contributed by atoms with E-state index in [-0.39, 0.29) is 11.9 Å². The molecule has 1 atom stereocenters. The second kappa shape index (κ2) is 5.58. The van der Waals surface area contributed by atoms with Crippen molar-refractivity contribution < 1.29 is 9.18 Å². The summed E-state index contributed by atoms with van der Waals surface area (Å²) in [6.45, 7) is 1.46. The Morgan fingerprint density at radius 1 is 1.48 bits per heavy atom. The summed E-state index contributed by atoms with van der Waals surface area (Å²) in [6.07, 6.45) is 0.575. The SMILES string of the molecule is CC(=O)N1N=C(c2cccs2)C[C@@H]1c1ccc(F)cc1Cl. The van der Waals surface area contributed by atoms with Crippen LogP contribution in [0, 0.1) is 5.82 Å². The van der Waals surface area contributed by atoms with Crippen molar-refractivity contribution in [3.63, 3.8) is 0 Å². The lowest BCUT2D eigenvalue weighted by atomic mass is 10.0. The fourth-order valence-electron chi connectivity index (χ4n) is 2.41. The zero-order chi connectivity index (χ0) is 15.0. The number of benzene rings is 1. The van der Waals surface area contributed by atoms with Gasteiger partial charge in [0, 0.05) is 18.4 Å². The number of halogens is 2. The van der Waals surface area contributed by atoms with Crippen molar-refractivity contribution in [1.29, 1.82) is 0 Å². The number of carbonyl (C=O) groups is 1. The lowest BCUT2D eigenvalue weighted by Gasteiger charge is -2.21. The maximum Gasteiger partial charge on any atom is 0.240 e. The van der Waals surface area contributed by atoms with Gasteiger partial charge in [-0.3, -0.25) is 4.79 Å². The Morgan fingerprint density at radius 3 is 2.90 bits per heavy atom. The Kier molecular flexibility index (Phi) is 3.78. The van der Waals surface area contributed by atoms with Gasteiger partial charge in [0.05, 0.1) is 16.6 Å². The van der Waals surface area contributed by atoms with Gasteiger partial charge in [0.1, 0.15) is 5.82 Å². The molecule has 1 amide bonds. The van der Waals surface area contributed by atoms with Gasteiger partial charge in [-0.2, -0.15) is 5.10 Å². The number of rotatable bonds is 2. The van der Waals surface area contributed by atoms with Crippen molar-refractivity contribution in [2.24, 2.45) is 5.10 Å². The molecule has 108 valence electrons. The summed E-state index contributed by atoms with van der Waals surface area (Å²) in [5.74, 6) is -0.553. The van der Waals surface area contributed by atoms with Gasteiger partial charge >= 0.3 is 0 Å². The first-order valence-electron chi connectivity index (χ1n) is 6.42. The van der Waals surface area contributed by atoms with Crippen LogP contribution in [-0.4, -0.2) is 16.6 Å². The summed E-state index contributed by atoms with van der Waals surface area (Å²) < 4.78 is 13.2. The molecule has 0 saturated carbocycles. The summed E-state index contributed by atoms with van der Waals surface area (Å²) in [4.78, 5) is 12.9. The number of thiophene rings is 1. The van der Waals surface area contributed by atoms with E-state index in [4.69, 9.17) is 11.6 Å². The molecule has 0 aliphatic carbocycles. The van der Waals surface area contributed by atoms with Gasteiger partial charge in [0.25, 0.3) is 0 Å². The molecule has 0 spiro atoms. The summed E-state index contributed by atoms with van der Waals surface area (Å²) >= 11 is 7.70. The van der Waals surface area contributed by atoms with E-state index in [1.807, 2.05) is 17.5 Å². The third-order valence-corrected chi connectivity index (χ3v) is 4.61. The normalized spacial score (nSPS) is 18.0. The van der Waals surface area contributed by atoms with Gasteiger partial charge in [-0.1, -0.05) is 23.7 Å². The lowest BCUT2D eigenvalue weighted by molar-refractivity contribution is -0.130. The van der Waals surface area contributed by atoms with Crippen molar-refractivity contribution in [1.82, 2.24) is 5.01 Å².